The third-order valence-corrected chi connectivity index (χ3v) is 10.8. The van der Waals surface area contributed by atoms with E-state index in [0.29, 0.717) is 31.3 Å². The van der Waals surface area contributed by atoms with Crippen LogP contribution in [0.3, 0.4) is 0 Å². The first-order chi connectivity index (χ1) is 15.9. The highest BCUT2D eigenvalue weighted by molar-refractivity contribution is 5.95. The number of fused-ring (bicyclic) bond motifs is 5. The maximum absolute atomic E-state index is 13.3. The molecule has 200 valence electrons. The number of carbonyl (C=O) groups excluding carboxylic acids is 1. The average molecular weight is 497 g/mol. The third kappa shape index (κ3) is 3.87. The minimum Gasteiger partial charge on any atom is -0.390 e. The quantitative estimate of drug-likeness (QED) is 0.295. The van der Waals surface area contributed by atoms with E-state index in [2.05, 4.69) is 0 Å². The molecule has 0 aromatic heterocycles. The molecule has 35 heavy (non-hydrogen) atoms. The molecule has 4 rings (SSSR count). The number of carbonyl (C=O) groups is 1. The highest BCUT2D eigenvalue weighted by Crippen LogP contribution is 2.68. The van der Waals surface area contributed by atoms with Crippen molar-refractivity contribution in [1.82, 2.24) is 0 Å². The number of aliphatic hydroxyl groups is 7. The summed E-state index contributed by atoms with van der Waals surface area (Å²) in [5, 5.41) is 75.8. The molecule has 0 spiro atoms. The first kappa shape index (κ1) is 27.2. The Kier molecular flexibility index (Phi) is 6.46. The van der Waals surface area contributed by atoms with Gasteiger partial charge in [0.15, 0.2) is 5.78 Å². The second kappa shape index (κ2) is 8.32. The summed E-state index contributed by atoms with van der Waals surface area (Å²) in [4.78, 5) is 13.3. The fourth-order valence-electron chi connectivity index (χ4n) is 8.28. The van der Waals surface area contributed by atoms with Crippen molar-refractivity contribution in [2.75, 3.05) is 0 Å². The van der Waals surface area contributed by atoms with Gasteiger partial charge in [-0.3, -0.25) is 4.79 Å². The number of hydrogen-bond acceptors (Lipinski definition) is 8. The lowest BCUT2D eigenvalue weighted by atomic mass is 9.45. The first-order valence-electron chi connectivity index (χ1n) is 13.0. The van der Waals surface area contributed by atoms with E-state index in [4.69, 9.17) is 0 Å². The van der Waals surface area contributed by atoms with Crippen LogP contribution in [-0.4, -0.2) is 82.7 Å². The third-order valence-electron chi connectivity index (χ3n) is 10.8. The van der Waals surface area contributed by atoms with E-state index in [1.165, 1.54) is 20.8 Å². The SMILES string of the molecule is CC(C)(O)[C@H](O)C[C@@H](O)[C@](C)(O)[C@H]1CC[C@@]2(O)C3=CC(=O)[C@@H]4C[C@@H](O)[C@@H](O)C[C@]4(C)[C@@H]3CC[C@]12C. The maximum Gasteiger partial charge on any atom is 0.159 e. The summed E-state index contributed by atoms with van der Waals surface area (Å²) >= 11 is 0. The van der Waals surface area contributed by atoms with Crippen molar-refractivity contribution in [2.45, 2.75) is 121 Å². The van der Waals surface area contributed by atoms with Gasteiger partial charge in [0.1, 0.15) is 0 Å². The van der Waals surface area contributed by atoms with Gasteiger partial charge in [-0.05, 0) is 88.2 Å². The van der Waals surface area contributed by atoms with Gasteiger partial charge in [-0.2, -0.15) is 0 Å². The molecule has 0 amide bonds. The Bertz CT molecular complexity index is 892. The van der Waals surface area contributed by atoms with Gasteiger partial charge in [-0.25, -0.2) is 0 Å². The van der Waals surface area contributed by atoms with E-state index in [1.807, 2.05) is 13.8 Å². The zero-order valence-corrected chi connectivity index (χ0v) is 21.6. The topological polar surface area (TPSA) is 159 Å². The predicted octanol–water partition coefficient (Wildman–Crippen LogP) is 0.825. The van der Waals surface area contributed by atoms with Crippen LogP contribution in [0, 0.1) is 28.6 Å². The summed E-state index contributed by atoms with van der Waals surface area (Å²) in [7, 11) is 0. The van der Waals surface area contributed by atoms with Gasteiger partial charge in [0.2, 0.25) is 0 Å². The minimum absolute atomic E-state index is 0.129. The van der Waals surface area contributed by atoms with Crippen LogP contribution in [0.1, 0.15) is 79.6 Å². The van der Waals surface area contributed by atoms with Crippen LogP contribution in [-0.2, 0) is 4.79 Å². The normalized spacial score (nSPS) is 47.1. The molecule has 11 atom stereocenters. The smallest absolute Gasteiger partial charge is 0.159 e. The molecule has 4 aliphatic carbocycles. The summed E-state index contributed by atoms with van der Waals surface area (Å²) in [6.07, 6.45) is -0.617. The van der Waals surface area contributed by atoms with Gasteiger partial charge in [0.25, 0.3) is 0 Å². The van der Waals surface area contributed by atoms with Crippen molar-refractivity contribution in [1.29, 1.82) is 0 Å². The van der Waals surface area contributed by atoms with Gasteiger partial charge in [-0.15, -0.1) is 0 Å². The van der Waals surface area contributed by atoms with Crippen molar-refractivity contribution < 1.29 is 40.5 Å². The van der Waals surface area contributed by atoms with Gasteiger partial charge >= 0.3 is 0 Å². The molecule has 0 aromatic carbocycles. The Balaban J connectivity index is 1.67. The van der Waals surface area contributed by atoms with E-state index < -0.39 is 63.9 Å². The van der Waals surface area contributed by atoms with Gasteiger partial charge in [0, 0.05) is 17.8 Å². The molecular weight excluding hydrogens is 452 g/mol. The predicted molar refractivity (Wildman–Crippen MR) is 128 cm³/mol. The summed E-state index contributed by atoms with van der Waals surface area (Å²) in [6.45, 7) is 8.31. The largest absolute Gasteiger partial charge is 0.390 e. The van der Waals surface area contributed by atoms with E-state index in [-0.39, 0.29) is 31.0 Å². The molecule has 0 radical (unpaired) electrons. The molecule has 0 bridgehead atoms. The number of ketones is 1. The molecule has 0 aliphatic heterocycles. The van der Waals surface area contributed by atoms with Crippen LogP contribution in [0.15, 0.2) is 11.6 Å². The molecule has 8 nitrogen and oxygen atoms in total. The maximum atomic E-state index is 13.3. The van der Waals surface area contributed by atoms with E-state index in [1.54, 1.807) is 6.08 Å². The molecule has 7 N–H and O–H groups in total. The Morgan fingerprint density at radius 1 is 1.00 bits per heavy atom. The Morgan fingerprint density at radius 3 is 2.23 bits per heavy atom. The molecule has 0 heterocycles. The summed E-state index contributed by atoms with van der Waals surface area (Å²) in [5.41, 5.74) is -5.18. The van der Waals surface area contributed by atoms with Crippen molar-refractivity contribution in [2.24, 2.45) is 28.6 Å². The summed E-state index contributed by atoms with van der Waals surface area (Å²) < 4.78 is 0. The van der Waals surface area contributed by atoms with Crippen LogP contribution in [0.5, 0.6) is 0 Å². The molecule has 3 fully saturated rings. The zero-order chi connectivity index (χ0) is 26.4. The van der Waals surface area contributed by atoms with Crippen molar-refractivity contribution in [3.05, 3.63) is 11.6 Å². The lowest BCUT2D eigenvalue weighted by Crippen LogP contribution is -2.63. The number of rotatable bonds is 5. The number of allylic oxidation sites excluding steroid dienone is 1. The standard InChI is InChI=1S/C27H44O8/c1-23(2,33)21(31)12-22(32)26(5,34)20-7-9-27(35)15-10-17(28)16-11-18(29)19(30)13-24(16,3)14(15)6-8-25(20,27)4/h10,14,16,18-22,29-35H,6-9,11-13H2,1-5H3/t14-,16+,18-,19+,20+,21-,22-,24-,25-,26-,27-/m1/s1. The monoisotopic (exact) mass is 496 g/mol. The number of aliphatic hydroxyl groups excluding tert-OH is 4. The molecule has 0 unspecified atom stereocenters. The van der Waals surface area contributed by atoms with Crippen LogP contribution < -0.4 is 0 Å². The van der Waals surface area contributed by atoms with Gasteiger partial charge in [-0.1, -0.05) is 13.8 Å². The molecule has 0 saturated heterocycles. The minimum atomic E-state index is -1.64. The fraction of sp³-hybridized carbons (Fsp3) is 0.889. The van der Waals surface area contributed by atoms with Crippen molar-refractivity contribution in [3.8, 4) is 0 Å². The summed E-state index contributed by atoms with van der Waals surface area (Å²) in [6, 6.07) is 0. The van der Waals surface area contributed by atoms with Crippen LogP contribution >= 0.6 is 0 Å². The van der Waals surface area contributed by atoms with E-state index in [0.717, 1.165) is 0 Å². The molecule has 0 aromatic rings. The van der Waals surface area contributed by atoms with Crippen molar-refractivity contribution >= 4 is 5.78 Å². The van der Waals surface area contributed by atoms with E-state index in [9.17, 15) is 40.5 Å². The molecule has 8 heteroatoms. The summed E-state index contributed by atoms with van der Waals surface area (Å²) in [5.74, 6) is -1.18. The molecule has 4 aliphatic rings. The Hall–Kier alpha value is -0.870. The first-order valence-corrected chi connectivity index (χ1v) is 13.0. The van der Waals surface area contributed by atoms with Crippen LogP contribution in [0.2, 0.25) is 0 Å². The molecular formula is C27H44O8. The lowest BCUT2D eigenvalue weighted by Gasteiger charge is -2.60. The number of hydrogen-bond donors (Lipinski definition) is 7. The highest BCUT2D eigenvalue weighted by Gasteiger charge is 2.69. The van der Waals surface area contributed by atoms with Crippen LogP contribution in [0.25, 0.3) is 0 Å². The van der Waals surface area contributed by atoms with Crippen LogP contribution in [0.4, 0.5) is 0 Å². The Morgan fingerprint density at radius 2 is 1.63 bits per heavy atom. The van der Waals surface area contributed by atoms with Gasteiger partial charge < -0.3 is 35.7 Å². The van der Waals surface area contributed by atoms with E-state index >= 15 is 0 Å². The molecule has 3 saturated carbocycles. The zero-order valence-electron chi connectivity index (χ0n) is 21.6. The van der Waals surface area contributed by atoms with Crippen molar-refractivity contribution in [3.63, 3.8) is 0 Å². The lowest BCUT2D eigenvalue weighted by molar-refractivity contribution is -0.183. The second-order valence-corrected chi connectivity index (χ2v) is 13.2. The second-order valence-electron chi connectivity index (χ2n) is 13.2. The highest BCUT2D eigenvalue weighted by atomic mass is 16.4. The fourth-order valence-corrected chi connectivity index (χ4v) is 8.28. The average Bonchev–Trinajstić information content (AvgIpc) is 3.01. The van der Waals surface area contributed by atoms with Gasteiger partial charge in [0.05, 0.1) is 41.2 Å². The Labute approximate surface area is 207 Å².